The van der Waals surface area contributed by atoms with Gasteiger partial charge in [-0.15, -0.1) is 0 Å². The van der Waals surface area contributed by atoms with Crippen LogP contribution in [0.2, 0.25) is 5.02 Å². The predicted molar refractivity (Wildman–Crippen MR) is 84.2 cm³/mol. The van der Waals surface area contributed by atoms with E-state index in [1.165, 1.54) is 19.3 Å². The second-order valence-corrected chi connectivity index (χ2v) is 6.04. The molecule has 0 spiro atoms. The van der Waals surface area contributed by atoms with Crippen LogP contribution in [0.1, 0.15) is 38.2 Å². The molecule has 0 aliphatic heterocycles. The number of carbonyl (C=O) groups excluding carboxylic acids is 1. The molecule has 0 unspecified atom stereocenters. The average Bonchev–Trinajstić information content (AvgIpc) is 2.47. The van der Waals surface area contributed by atoms with Crippen molar-refractivity contribution in [3.05, 3.63) is 28.8 Å². The average molecular weight is 306 g/mol. The summed E-state index contributed by atoms with van der Waals surface area (Å²) >= 11 is 5.90. The summed E-state index contributed by atoms with van der Waals surface area (Å²) in [7, 11) is 0. The monoisotopic (exact) mass is 305 g/mol. The van der Waals surface area contributed by atoms with E-state index in [1.54, 1.807) is 18.2 Å². The van der Waals surface area contributed by atoms with Crippen molar-refractivity contribution in [2.24, 2.45) is 5.92 Å². The Kier molecular flexibility index (Phi) is 5.60. The van der Waals surface area contributed by atoms with Crippen molar-refractivity contribution in [3.63, 3.8) is 0 Å². The Morgan fingerprint density at radius 3 is 2.90 bits per heavy atom. The number of nitriles is 1. The van der Waals surface area contributed by atoms with E-state index in [0.29, 0.717) is 28.2 Å². The topological polar surface area (TPSA) is 64.9 Å². The number of nitrogens with zero attached hydrogens (tertiary/aromatic N) is 1. The van der Waals surface area contributed by atoms with E-state index in [4.69, 9.17) is 16.9 Å². The van der Waals surface area contributed by atoms with Crippen LogP contribution in [0.5, 0.6) is 0 Å². The van der Waals surface area contributed by atoms with Crippen molar-refractivity contribution in [2.45, 2.75) is 38.6 Å². The van der Waals surface area contributed by atoms with Crippen LogP contribution in [0, 0.1) is 17.2 Å². The Hall–Kier alpha value is -1.57. The minimum atomic E-state index is -0.147. The molecule has 1 aromatic rings. The number of halogens is 1. The minimum absolute atomic E-state index is 0.147. The number of nitrogens with one attached hydrogen (secondary N) is 2. The van der Waals surface area contributed by atoms with Gasteiger partial charge in [0.15, 0.2) is 0 Å². The first-order chi connectivity index (χ1) is 10.1. The zero-order chi connectivity index (χ0) is 15.2. The van der Waals surface area contributed by atoms with Crippen molar-refractivity contribution < 1.29 is 4.79 Å². The molecule has 1 aliphatic carbocycles. The van der Waals surface area contributed by atoms with Gasteiger partial charge in [0.25, 0.3) is 0 Å². The largest absolute Gasteiger partial charge is 0.324 e. The van der Waals surface area contributed by atoms with Gasteiger partial charge < -0.3 is 10.6 Å². The fourth-order valence-corrected chi connectivity index (χ4v) is 2.93. The number of hydrogen-bond acceptors (Lipinski definition) is 3. The van der Waals surface area contributed by atoms with Crippen molar-refractivity contribution in [2.75, 3.05) is 11.9 Å². The molecule has 1 amide bonds. The van der Waals surface area contributed by atoms with E-state index in [1.807, 2.05) is 6.07 Å². The Balaban J connectivity index is 1.90. The Morgan fingerprint density at radius 2 is 2.19 bits per heavy atom. The first kappa shape index (κ1) is 15.8. The predicted octanol–water partition coefficient (Wildman–Crippen LogP) is 3.32. The number of amides is 1. The zero-order valence-electron chi connectivity index (χ0n) is 12.2. The highest BCUT2D eigenvalue weighted by Gasteiger charge is 2.21. The molecule has 0 aromatic heterocycles. The quantitative estimate of drug-likeness (QED) is 0.897. The van der Waals surface area contributed by atoms with Gasteiger partial charge in [0, 0.05) is 11.1 Å². The molecule has 112 valence electrons. The summed E-state index contributed by atoms with van der Waals surface area (Å²) in [5, 5.41) is 15.6. The van der Waals surface area contributed by atoms with Crippen LogP contribution in [-0.2, 0) is 4.79 Å². The lowest BCUT2D eigenvalue weighted by Crippen LogP contribution is -2.41. The fraction of sp³-hybridized carbons (Fsp3) is 0.500. The number of carbonyl (C=O) groups is 1. The van der Waals surface area contributed by atoms with Crippen molar-refractivity contribution >= 4 is 23.2 Å². The SMILES string of the molecule is C[C@@H]1CCCC[C@H]1NCC(=O)Nc1cc(Cl)ccc1C#N. The van der Waals surface area contributed by atoms with Crippen LogP contribution in [0.15, 0.2) is 18.2 Å². The highest BCUT2D eigenvalue weighted by molar-refractivity contribution is 6.31. The lowest BCUT2D eigenvalue weighted by atomic mass is 9.86. The normalized spacial score (nSPS) is 21.6. The number of rotatable bonds is 4. The Bertz CT molecular complexity index is 553. The van der Waals surface area contributed by atoms with Gasteiger partial charge in [-0.25, -0.2) is 0 Å². The molecular weight excluding hydrogens is 286 g/mol. The third-order valence-electron chi connectivity index (χ3n) is 4.01. The molecule has 21 heavy (non-hydrogen) atoms. The molecule has 2 atom stereocenters. The van der Waals surface area contributed by atoms with Gasteiger partial charge in [0.2, 0.25) is 5.91 Å². The van der Waals surface area contributed by atoms with Gasteiger partial charge in [-0.2, -0.15) is 5.26 Å². The lowest BCUT2D eigenvalue weighted by molar-refractivity contribution is -0.115. The van der Waals surface area contributed by atoms with Crippen molar-refractivity contribution in [1.82, 2.24) is 5.32 Å². The molecule has 1 aromatic carbocycles. The highest BCUT2D eigenvalue weighted by Crippen LogP contribution is 2.23. The van der Waals surface area contributed by atoms with Crippen LogP contribution >= 0.6 is 11.6 Å². The van der Waals surface area contributed by atoms with Crippen LogP contribution in [0.4, 0.5) is 5.69 Å². The fourth-order valence-electron chi connectivity index (χ4n) is 2.76. The van der Waals surface area contributed by atoms with Gasteiger partial charge in [-0.3, -0.25) is 4.79 Å². The van der Waals surface area contributed by atoms with Crippen LogP contribution in [0.3, 0.4) is 0 Å². The second kappa shape index (κ2) is 7.44. The number of anilines is 1. The van der Waals surface area contributed by atoms with E-state index in [0.717, 1.165) is 6.42 Å². The first-order valence-corrected chi connectivity index (χ1v) is 7.71. The summed E-state index contributed by atoms with van der Waals surface area (Å²) in [5.74, 6) is 0.457. The second-order valence-electron chi connectivity index (χ2n) is 5.60. The molecule has 1 fully saturated rings. The summed E-state index contributed by atoms with van der Waals surface area (Å²) in [6.45, 7) is 2.48. The van der Waals surface area contributed by atoms with Gasteiger partial charge in [0.1, 0.15) is 6.07 Å². The summed E-state index contributed by atoms with van der Waals surface area (Å²) in [4.78, 5) is 12.0. The highest BCUT2D eigenvalue weighted by atomic mass is 35.5. The van der Waals surface area contributed by atoms with E-state index in [2.05, 4.69) is 17.6 Å². The third kappa shape index (κ3) is 4.45. The smallest absolute Gasteiger partial charge is 0.238 e. The molecule has 0 bridgehead atoms. The van der Waals surface area contributed by atoms with Gasteiger partial charge in [0.05, 0.1) is 17.8 Å². The van der Waals surface area contributed by atoms with Crippen LogP contribution in [0.25, 0.3) is 0 Å². The summed E-state index contributed by atoms with van der Waals surface area (Å²) in [6, 6.07) is 7.29. The standard InChI is InChI=1S/C16H20ClN3O/c1-11-4-2-3-5-14(11)19-10-16(21)20-15-8-13(17)7-6-12(15)9-18/h6-8,11,14,19H,2-5,10H2,1H3,(H,20,21)/t11-,14-/m1/s1. The van der Waals surface area contributed by atoms with E-state index >= 15 is 0 Å². The number of benzene rings is 1. The molecular formula is C16H20ClN3O. The molecule has 0 saturated heterocycles. The molecule has 5 heteroatoms. The molecule has 0 radical (unpaired) electrons. The molecule has 2 rings (SSSR count). The molecule has 1 aliphatic rings. The van der Waals surface area contributed by atoms with E-state index in [-0.39, 0.29) is 12.5 Å². The van der Waals surface area contributed by atoms with Crippen molar-refractivity contribution in [3.8, 4) is 6.07 Å². The Morgan fingerprint density at radius 1 is 1.43 bits per heavy atom. The maximum absolute atomic E-state index is 12.0. The lowest BCUT2D eigenvalue weighted by Gasteiger charge is -2.29. The third-order valence-corrected chi connectivity index (χ3v) is 4.25. The van der Waals surface area contributed by atoms with Gasteiger partial charge >= 0.3 is 0 Å². The summed E-state index contributed by atoms with van der Waals surface area (Å²) < 4.78 is 0. The van der Waals surface area contributed by atoms with Gasteiger partial charge in [-0.05, 0) is 37.0 Å². The summed E-state index contributed by atoms with van der Waals surface area (Å²) in [6.07, 6.45) is 4.83. The maximum atomic E-state index is 12.0. The molecule has 2 N–H and O–H groups in total. The molecule has 0 heterocycles. The minimum Gasteiger partial charge on any atom is -0.324 e. The first-order valence-electron chi connectivity index (χ1n) is 7.33. The van der Waals surface area contributed by atoms with E-state index in [9.17, 15) is 4.79 Å². The maximum Gasteiger partial charge on any atom is 0.238 e. The molecule has 4 nitrogen and oxygen atoms in total. The van der Waals surface area contributed by atoms with Crippen LogP contribution in [-0.4, -0.2) is 18.5 Å². The van der Waals surface area contributed by atoms with Crippen LogP contribution < -0.4 is 10.6 Å². The molecule has 1 saturated carbocycles. The van der Waals surface area contributed by atoms with E-state index < -0.39 is 0 Å². The number of hydrogen-bond donors (Lipinski definition) is 2. The summed E-state index contributed by atoms with van der Waals surface area (Å²) in [5.41, 5.74) is 0.882. The zero-order valence-corrected chi connectivity index (χ0v) is 12.9. The Labute approximate surface area is 130 Å². The van der Waals surface area contributed by atoms with Crippen molar-refractivity contribution in [1.29, 1.82) is 5.26 Å². The van der Waals surface area contributed by atoms with Gasteiger partial charge in [-0.1, -0.05) is 31.4 Å².